The van der Waals surface area contributed by atoms with Gasteiger partial charge < -0.3 is 15.1 Å². The minimum Gasteiger partial charge on any atom is -0.332 e. The molecule has 1 aromatic rings. The van der Waals surface area contributed by atoms with Crippen LogP contribution in [0.1, 0.15) is 38.3 Å². The molecule has 1 N–H and O–H groups in total. The van der Waals surface area contributed by atoms with Crippen LogP contribution in [0.4, 0.5) is 5.13 Å². The topological polar surface area (TPSA) is 65.5 Å². The zero-order valence-corrected chi connectivity index (χ0v) is 15.4. The van der Waals surface area contributed by atoms with Crippen molar-refractivity contribution in [1.82, 2.24) is 14.8 Å². The van der Waals surface area contributed by atoms with Gasteiger partial charge in [-0.25, -0.2) is 4.98 Å². The zero-order valence-electron chi connectivity index (χ0n) is 14.6. The smallest absolute Gasteiger partial charge is 0.245 e. The number of amides is 2. The first-order valence-electron chi connectivity index (χ1n) is 8.06. The van der Waals surface area contributed by atoms with Gasteiger partial charge in [0.1, 0.15) is 0 Å². The van der Waals surface area contributed by atoms with E-state index in [2.05, 4.69) is 17.2 Å². The lowest BCUT2D eigenvalue weighted by Gasteiger charge is -2.23. The Labute approximate surface area is 142 Å². The molecule has 1 heterocycles. The number of nitrogens with one attached hydrogen (secondary N) is 1. The number of carbonyl (C=O) groups is 2. The van der Waals surface area contributed by atoms with Gasteiger partial charge in [-0.05, 0) is 27.4 Å². The molecule has 2 amide bonds. The largest absolute Gasteiger partial charge is 0.332 e. The van der Waals surface area contributed by atoms with Crippen molar-refractivity contribution in [3.05, 3.63) is 11.1 Å². The number of hydrogen-bond donors (Lipinski definition) is 1. The normalized spacial score (nSPS) is 10.8. The Bertz CT molecular complexity index is 502. The van der Waals surface area contributed by atoms with Crippen LogP contribution >= 0.6 is 11.3 Å². The molecule has 0 radical (unpaired) electrons. The van der Waals surface area contributed by atoms with Gasteiger partial charge in [0.2, 0.25) is 11.8 Å². The first-order valence-corrected chi connectivity index (χ1v) is 8.94. The quantitative estimate of drug-likeness (QED) is 0.664. The van der Waals surface area contributed by atoms with Crippen LogP contribution in [0.3, 0.4) is 0 Å². The highest BCUT2D eigenvalue weighted by Gasteiger charge is 2.17. The summed E-state index contributed by atoms with van der Waals surface area (Å²) in [5.41, 5.74) is 0.880. The van der Waals surface area contributed by atoms with Gasteiger partial charge in [-0.1, -0.05) is 19.8 Å². The summed E-state index contributed by atoms with van der Waals surface area (Å²) < 4.78 is 0. The van der Waals surface area contributed by atoms with Crippen LogP contribution in [0.25, 0.3) is 0 Å². The summed E-state index contributed by atoms with van der Waals surface area (Å²) in [6.45, 7) is 5.37. The molecule has 0 aromatic carbocycles. The monoisotopic (exact) mass is 340 g/mol. The molecule has 0 aliphatic rings. The lowest BCUT2D eigenvalue weighted by atomic mass is 10.2. The van der Waals surface area contributed by atoms with Crippen molar-refractivity contribution < 1.29 is 9.59 Å². The van der Waals surface area contributed by atoms with Gasteiger partial charge >= 0.3 is 0 Å². The van der Waals surface area contributed by atoms with Crippen LogP contribution in [0.5, 0.6) is 0 Å². The fourth-order valence-electron chi connectivity index (χ4n) is 2.04. The predicted octanol–water partition coefficient (Wildman–Crippen LogP) is 2.36. The Morgan fingerprint density at radius 2 is 2.00 bits per heavy atom. The molecule has 7 heteroatoms. The SMILES string of the molecule is CCCCCC(=O)N(CCN(C)C)CC(=O)Nc1nc(C)cs1. The van der Waals surface area contributed by atoms with Crippen molar-refractivity contribution in [2.75, 3.05) is 39.0 Å². The second-order valence-electron chi connectivity index (χ2n) is 5.92. The average Bonchev–Trinajstić information content (AvgIpc) is 2.88. The van der Waals surface area contributed by atoms with Crippen molar-refractivity contribution >= 4 is 28.3 Å². The van der Waals surface area contributed by atoms with E-state index >= 15 is 0 Å². The Morgan fingerprint density at radius 3 is 2.57 bits per heavy atom. The fraction of sp³-hybridized carbons (Fsp3) is 0.688. The number of rotatable bonds is 10. The minimum atomic E-state index is -0.193. The summed E-state index contributed by atoms with van der Waals surface area (Å²) in [5.74, 6) is -0.146. The molecule has 0 saturated carbocycles. The average molecular weight is 340 g/mol. The summed E-state index contributed by atoms with van der Waals surface area (Å²) in [7, 11) is 3.91. The highest BCUT2D eigenvalue weighted by atomic mass is 32.1. The van der Waals surface area contributed by atoms with Crippen LogP contribution in [-0.4, -0.2) is 60.3 Å². The van der Waals surface area contributed by atoms with Gasteiger partial charge in [0.25, 0.3) is 0 Å². The first-order chi connectivity index (χ1) is 10.9. The molecule has 0 fully saturated rings. The number of anilines is 1. The second-order valence-corrected chi connectivity index (χ2v) is 6.78. The third-order valence-corrected chi connectivity index (χ3v) is 4.24. The number of aryl methyl sites for hydroxylation is 1. The highest BCUT2D eigenvalue weighted by Crippen LogP contribution is 2.14. The summed E-state index contributed by atoms with van der Waals surface area (Å²) in [4.78, 5) is 32.4. The van der Waals surface area contributed by atoms with Gasteiger partial charge in [-0.15, -0.1) is 11.3 Å². The van der Waals surface area contributed by atoms with Crippen molar-refractivity contribution in [2.24, 2.45) is 0 Å². The Kier molecular flexibility index (Phi) is 8.79. The van der Waals surface area contributed by atoms with Crippen LogP contribution in [-0.2, 0) is 9.59 Å². The lowest BCUT2D eigenvalue weighted by molar-refractivity contribution is -0.135. The minimum absolute atomic E-state index is 0.0470. The Balaban J connectivity index is 2.55. The number of unbranched alkanes of at least 4 members (excludes halogenated alkanes) is 2. The molecule has 6 nitrogen and oxygen atoms in total. The molecule has 0 unspecified atom stereocenters. The van der Waals surface area contributed by atoms with E-state index in [1.54, 1.807) is 4.90 Å². The Morgan fingerprint density at radius 1 is 1.26 bits per heavy atom. The van der Waals surface area contributed by atoms with E-state index in [4.69, 9.17) is 0 Å². The molecule has 0 aliphatic heterocycles. The van der Waals surface area contributed by atoms with Gasteiger partial charge in [0.05, 0.1) is 12.2 Å². The molecular weight excluding hydrogens is 312 g/mol. The third-order valence-electron chi connectivity index (χ3n) is 3.36. The van der Waals surface area contributed by atoms with Gasteiger partial charge in [-0.3, -0.25) is 9.59 Å². The predicted molar refractivity (Wildman–Crippen MR) is 94.8 cm³/mol. The summed E-state index contributed by atoms with van der Waals surface area (Å²) in [6, 6.07) is 0. The zero-order chi connectivity index (χ0) is 17.2. The summed E-state index contributed by atoms with van der Waals surface area (Å²) in [5, 5.41) is 5.23. The molecule has 0 saturated heterocycles. The van der Waals surface area contributed by atoms with E-state index in [0.717, 1.165) is 31.5 Å². The van der Waals surface area contributed by atoms with E-state index in [-0.39, 0.29) is 18.4 Å². The van der Waals surface area contributed by atoms with Gasteiger partial charge in [0.15, 0.2) is 5.13 Å². The van der Waals surface area contributed by atoms with Crippen molar-refractivity contribution in [3.63, 3.8) is 0 Å². The molecule has 1 rings (SSSR count). The van der Waals surface area contributed by atoms with Gasteiger partial charge in [0, 0.05) is 24.9 Å². The molecule has 0 bridgehead atoms. The summed E-state index contributed by atoms with van der Waals surface area (Å²) >= 11 is 1.39. The van der Waals surface area contributed by atoms with Crippen molar-refractivity contribution in [2.45, 2.75) is 39.5 Å². The number of thiazole rings is 1. The molecule has 130 valence electrons. The van der Waals surface area contributed by atoms with E-state index in [1.807, 2.05) is 31.3 Å². The number of likely N-dealkylation sites (N-methyl/N-ethyl adjacent to an activating group) is 1. The second kappa shape index (κ2) is 10.3. The molecule has 1 aromatic heterocycles. The third kappa shape index (κ3) is 8.08. The molecular formula is C16H28N4O2S. The van der Waals surface area contributed by atoms with Crippen LogP contribution in [0.15, 0.2) is 5.38 Å². The van der Waals surface area contributed by atoms with Crippen molar-refractivity contribution in [3.8, 4) is 0 Å². The van der Waals surface area contributed by atoms with Crippen LogP contribution < -0.4 is 5.32 Å². The van der Waals surface area contributed by atoms with E-state index < -0.39 is 0 Å². The highest BCUT2D eigenvalue weighted by molar-refractivity contribution is 7.13. The molecule has 23 heavy (non-hydrogen) atoms. The first kappa shape index (κ1) is 19.6. The van der Waals surface area contributed by atoms with E-state index in [0.29, 0.717) is 18.1 Å². The fourth-order valence-corrected chi connectivity index (χ4v) is 2.74. The molecule has 0 atom stereocenters. The van der Waals surface area contributed by atoms with E-state index in [1.165, 1.54) is 11.3 Å². The van der Waals surface area contributed by atoms with Gasteiger partial charge in [-0.2, -0.15) is 0 Å². The summed E-state index contributed by atoms with van der Waals surface area (Å²) in [6.07, 6.45) is 3.50. The van der Waals surface area contributed by atoms with Crippen LogP contribution in [0, 0.1) is 6.92 Å². The number of hydrogen-bond acceptors (Lipinski definition) is 5. The molecule has 0 spiro atoms. The number of carbonyl (C=O) groups excluding carboxylic acids is 2. The Hall–Kier alpha value is -1.47. The van der Waals surface area contributed by atoms with E-state index in [9.17, 15) is 9.59 Å². The lowest BCUT2D eigenvalue weighted by Crippen LogP contribution is -2.41. The van der Waals surface area contributed by atoms with Crippen molar-refractivity contribution in [1.29, 1.82) is 0 Å². The maximum atomic E-state index is 12.3. The molecule has 0 aliphatic carbocycles. The number of nitrogens with zero attached hydrogens (tertiary/aromatic N) is 3. The number of aromatic nitrogens is 1. The standard InChI is InChI=1S/C16H28N4O2S/c1-5-6-7-8-15(22)20(10-9-19(3)4)11-14(21)18-16-17-13(2)12-23-16/h12H,5-11H2,1-4H3,(H,17,18,21). The maximum absolute atomic E-state index is 12.3. The maximum Gasteiger partial charge on any atom is 0.245 e. The van der Waals surface area contributed by atoms with Crippen LogP contribution in [0.2, 0.25) is 0 Å².